The fourth-order valence-electron chi connectivity index (χ4n) is 2.68. The third-order valence-corrected chi connectivity index (χ3v) is 4.32. The van der Waals surface area contributed by atoms with E-state index in [0.717, 1.165) is 18.2 Å². The average Bonchev–Trinajstić information content (AvgIpc) is 2.71. The van der Waals surface area contributed by atoms with Crippen LogP contribution in [0.1, 0.15) is 49.8 Å². The van der Waals surface area contributed by atoms with Crippen molar-refractivity contribution in [2.24, 2.45) is 0 Å². The summed E-state index contributed by atoms with van der Waals surface area (Å²) in [6.07, 6.45) is -0.0436. The van der Waals surface area contributed by atoms with Crippen molar-refractivity contribution in [3.63, 3.8) is 0 Å². The van der Waals surface area contributed by atoms with Gasteiger partial charge in [0.1, 0.15) is 11.4 Å². The molecule has 0 saturated carbocycles. The monoisotopic (exact) mass is 466 g/mol. The first-order valence-electron chi connectivity index (χ1n) is 10.0. The van der Waals surface area contributed by atoms with Gasteiger partial charge in [-0.3, -0.25) is 4.79 Å². The van der Waals surface area contributed by atoms with Crippen LogP contribution in [0, 0.1) is 5.41 Å². The molecule has 11 heteroatoms. The number of pyridine rings is 1. The lowest BCUT2D eigenvalue weighted by atomic mass is 10.00. The first-order chi connectivity index (χ1) is 15.3. The highest BCUT2D eigenvalue weighted by Gasteiger charge is 2.33. The molecule has 178 valence electrons. The van der Waals surface area contributed by atoms with Crippen molar-refractivity contribution < 1.29 is 32.6 Å². The lowest BCUT2D eigenvalue weighted by Gasteiger charge is -2.19. The number of nitrogens with one attached hydrogen (secondary N) is 3. The highest BCUT2D eigenvalue weighted by Crippen LogP contribution is 2.27. The molecule has 0 atom stereocenters. The Morgan fingerprint density at radius 3 is 2.61 bits per heavy atom. The van der Waals surface area contributed by atoms with Crippen LogP contribution in [0.25, 0.3) is 0 Å². The van der Waals surface area contributed by atoms with Crippen molar-refractivity contribution >= 4 is 17.6 Å². The van der Waals surface area contributed by atoms with E-state index in [0.29, 0.717) is 12.1 Å². The van der Waals surface area contributed by atoms with Crippen molar-refractivity contribution in [2.45, 2.75) is 45.4 Å². The normalized spacial score (nSPS) is 15.3. The van der Waals surface area contributed by atoms with Gasteiger partial charge in [-0.1, -0.05) is 6.07 Å². The topological polar surface area (TPSA) is 124 Å². The van der Waals surface area contributed by atoms with E-state index in [1.807, 2.05) is 0 Å². The number of ether oxygens (including phenoxy) is 1. The number of allylic oxidation sites excluding steroid dienone is 2. The number of hydrogen-bond donors (Lipinski definition) is 4. The van der Waals surface area contributed by atoms with E-state index in [1.54, 1.807) is 20.8 Å². The number of rotatable bonds is 8. The summed E-state index contributed by atoms with van der Waals surface area (Å²) in [5, 5.41) is 23.1. The van der Waals surface area contributed by atoms with Crippen LogP contribution >= 0.6 is 0 Å². The molecule has 0 radical (unpaired) electrons. The number of hydrogen-bond acceptors (Lipinski definition) is 7. The number of carbonyl (C=O) groups is 2. The van der Waals surface area contributed by atoms with Crippen molar-refractivity contribution in [3.05, 3.63) is 64.9 Å². The second-order valence-corrected chi connectivity index (χ2v) is 7.78. The molecule has 1 amide bonds. The maximum Gasteiger partial charge on any atom is 0.433 e. The Bertz CT molecular complexity index is 1020. The van der Waals surface area contributed by atoms with Gasteiger partial charge in [0, 0.05) is 17.6 Å². The molecule has 1 aliphatic heterocycles. The Labute approximate surface area is 188 Å². The Morgan fingerprint density at radius 2 is 2.00 bits per heavy atom. The van der Waals surface area contributed by atoms with E-state index in [1.165, 1.54) is 18.4 Å². The zero-order valence-corrected chi connectivity index (χ0v) is 18.3. The molecule has 33 heavy (non-hydrogen) atoms. The highest BCUT2D eigenvalue weighted by molar-refractivity contribution is 6.00. The summed E-state index contributed by atoms with van der Waals surface area (Å²) in [6, 6.07) is 2.91. The van der Waals surface area contributed by atoms with E-state index < -0.39 is 35.0 Å². The van der Waals surface area contributed by atoms with Gasteiger partial charge in [0.25, 0.3) is 5.91 Å². The Morgan fingerprint density at radius 1 is 1.30 bits per heavy atom. The number of carbonyl (C=O) groups excluding carboxylic acids is 2. The average molecular weight is 466 g/mol. The minimum Gasteiger partial charge on any atom is -0.462 e. The molecule has 8 nitrogen and oxygen atoms in total. The van der Waals surface area contributed by atoms with Crippen molar-refractivity contribution in [1.82, 2.24) is 15.6 Å². The van der Waals surface area contributed by atoms with Gasteiger partial charge in [0.2, 0.25) is 0 Å². The number of alkyl halides is 3. The van der Waals surface area contributed by atoms with E-state index in [9.17, 15) is 27.9 Å². The molecule has 1 aliphatic rings. The number of dihydropyridines is 1. The van der Waals surface area contributed by atoms with Crippen molar-refractivity contribution in [2.75, 3.05) is 6.61 Å². The lowest BCUT2D eigenvalue weighted by molar-refractivity contribution is -0.141. The predicted octanol–water partition coefficient (Wildman–Crippen LogP) is 3.22. The molecule has 0 saturated heterocycles. The third kappa shape index (κ3) is 7.86. The molecular weight excluding hydrogens is 441 g/mol. The molecule has 0 fully saturated rings. The minimum absolute atomic E-state index is 0.0297. The highest BCUT2D eigenvalue weighted by atomic mass is 19.4. The van der Waals surface area contributed by atoms with Crippen LogP contribution in [0.2, 0.25) is 0 Å². The van der Waals surface area contributed by atoms with Crippen LogP contribution in [-0.2, 0) is 15.7 Å². The molecule has 0 aromatic carbocycles. The number of aromatic nitrogens is 1. The Kier molecular flexibility index (Phi) is 8.15. The van der Waals surface area contributed by atoms with Gasteiger partial charge in [-0.25, -0.2) is 9.78 Å². The standard InChI is InChI=1S/C22H25F3N4O4/c1-4-33-20(31)15-12-27-14(10-13(26)8-9-21(2,3)32)11-17(15)29-19(30)16-6-5-7-18(28-16)22(23,24)25/h5-7,10-12,26-27,32H,4,8-9H2,1-3H3,(H,29,30)/b14-10-,26-13?. The zero-order chi connectivity index (χ0) is 24.8. The summed E-state index contributed by atoms with van der Waals surface area (Å²) in [6.45, 7) is 4.90. The molecular formula is C22H25F3N4O4. The minimum atomic E-state index is -4.72. The number of amides is 1. The van der Waals surface area contributed by atoms with E-state index in [-0.39, 0.29) is 30.0 Å². The maximum atomic E-state index is 12.9. The van der Waals surface area contributed by atoms with Crippen molar-refractivity contribution in [3.8, 4) is 0 Å². The van der Waals surface area contributed by atoms with Crippen molar-refractivity contribution in [1.29, 1.82) is 5.41 Å². The number of halogens is 3. The summed E-state index contributed by atoms with van der Waals surface area (Å²) in [7, 11) is 0. The van der Waals surface area contributed by atoms with Gasteiger partial charge in [0.15, 0.2) is 0 Å². The first kappa shape index (κ1) is 25.8. The molecule has 2 rings (SSSR count). The molecule has 0 unspecified atom stereocenters. The van der Waals surface area contributed by atoms with Crippen LogP contribution in [0.4, 0.5) is 13.2 Å². The summed E-state index contributed by atoms with van der Waals surface area (Å²) in [4.78, 5) is 28.2. The van der Waals surface area contributed by atoms with Crippen LogP contribution in [-0.4, -0.2) is 39.9 Å². The number of aliphatic hydroxyl groups is 1. The van der Waals surface area contributed by atoms with Gasteiger partial charge in [0.05, 0.1) is 23.5 Å². The quantitative estimate of drug-likeness (QED) is 0.345. The molecule has 0 aliphatic carbocycles. The Hall–Kier alpha value is -3.47. The molecule has 0 bridgehead atoms. The summed E-state index contributed by atoms with van der Waals surface area (Å²) < 4.78 is 43.7. The molecule has 2 heterocycles. The second-order valence-electron chi connectivity index (χ2n) is 7.78. The smallest absolute Gasteiger partial charge is 0.433 e. The largest absolute Gasteiger partial charge is 0.462 e. The van der Waals surface area contributed by atoms with Crippen LogP contribution in [0.5, 0.6) is 0 Å². The van der Waals surface area contributed by atoms with Crippen LogP contribution in [0.15, 0.2) is 53.5 Å². The summed E-state index contributed by atoms with van der Waals surface area (Å²) in [5.74, 6) is -1.72. The SMILES string of the molecule is CCOC(=O)C1=CN/C(=C\C(=N)CCC(C)(C)O)C=C1NC(=O)c1cccc(C(F)(F)F)n1. The molecule has 1 aromatic heterocycles. The first-order valence-corrected chi connectivity index (χ1v) is 10.0. The van der Waals surface area contributed by atoms with Gasteiger partial charge in [-0.15, -0.1) is 0 Å². The fourth-order valence-corrected chi connectivity index (χ4v) is 2.68. The van der Waals surface area contributed by atoms with E-state index >= 15 is 0 Å². The molecule has 0 spiro atoms. The molecule has 4 N–H and O–H groups in total. The predicted molar refractivity (Wildman–Crippen MR) is 114 cm³/mol. The maximum absolute atomic E-state index is 12.9. The van der Waals surface area contributed by atoms with E-state index in [2.05, 4.69) is 15.6 Å². The van der Waals surface area contributed by atoms with Gasteiger partial charge in [-0.2, -0.15) is 13.2 Å². The van der Waals surface area contributed by atoms with Crippen LogP contribution < -0.4 is 10.6 Å². The third-order valence-electron chi connectivity index (χ3n) is 4.32. The number of nitrogens with zero attached hydrogens (tertiary/aromatic N) is 1. The number of esters is 1. The van der Waals surface area contributed by atoms with E-state index in [4.69, 9.17) is 10.1 Å². The van der Waals surface area contributed by atoms with Gasteiger partial charge < -0.3 is 25.9 Å². The van der Waals surface area contributed by atoms with Crippen LogP contribution in [0.3, 0.4) is 0 Å². The lowest BCUT2D eigenvalue weighted by Crippen LogP contribution is -2.31. The summed E-state index contributed by atoms with van der Waals surface area (Å²) >= 11 is 0. The molecule has 1 aromatic rings. The van der Waals surface area contributed by atoms with Gasteiger partial charge in [-0.05, 0) is 57.9 Å². The fraction of sp³-hybridized carbons (Fsp3) is 0.364. The Balaban J connectivity index is 2.30. The summed E-state index contributed by atoms with van der Waals surface area (Å²) in [5.41, 5.74) is -2.23. The second kappa shape index (κ2) is 10.4. The van der Waals surface area contributed by atoms with Gasteiger partial charge >= 0.3 is 12.1 Å². The zero-order valence-electron chi connectivity index (χ0n) is 18.3.